The molecule has 7 nitrogen and oxygen atoms in total. The minimum atomic E-state index is -0.495. The smallest absolute Gasteiger partial charge is 0.413 e. The van der Waals surface area contributed by atoms with Crippen LogP contribution >= 0.6 is 0 Å². The SMILES string of the molecule is COC(=O)N(C)c1ccc(NC(=O)/C(=C\c2ccccc2)NC(C)=O)cc1. The second-order valence-electron chi connectivity index (χ2n) is 5.68. The van der Waals surface area contributed by atoms with Gasteiger partial charge in [-0.3, -0.25) is 14.5 Å². The molecular weight excluding hydrogens is 346 g/mol. The molecule has 2 aromatic rings. The second-order valence-corrected chi connectivity index (χ2v) is 5.68. The molecule has 0 aliphatic heterocycles. The van der Waals surface area contributed by atoms with Gasteiger partial charge in [-0.05, 0) is 35.9 Å². The maximum atomic E-state index is 12.5. The van der Waals surface area contributed by atoms with Gasteiger partial charge in [-0.1, -0.05) is 30.3 Å². The molecule has 2 N–H and O–H groups in total. The van der Waals surface area contributed by atoms with Gasteiger partial charge in [-0.15, -0.1) is 0 Å². The molecular formula is C20H21N3O4. The maximum Gasteiger partial charge on any atom is 0.413 e. The number of amides is 3. The third-order valence-electron chi connectivity index (χ3n) is 3.63. The van der Waals surface area contributed by atoms with Crippen molar-refractivity contribution in [3.8, 4) is 0 Å². The number of nitrogens with zero attached hydrogens (tertiary/aromatic N) is 1. The summed E-state index contributed by atoms with van der Waals surface area (Å²) in [4.78, 5) is 36.8. The Balaban J connectivity index is 2.16. The van der Waals surface area contributed by atoms with Crippen LogP contribution in [0.1, 0.15) is 12.5 Å². The van der Waals surface area contributed by atoms with Crippen molar-refractivity contribution in [2.75, 3.05) is 24.4 Å². The summed E-state index contributed by atoms with van der Waals surface area (Å²) in [6.45, 7) is 1.34. The van der Waals surface area contributed by atoms with E-state index in [2.05, 4.69) is 15.4 Å². The fraction of sp³-hybridized carbons (Fsp3) is 0.150. The van der Waals surface area contributed by atoms with Crippen molar-refractivity contribution < 1.29 is 19.1 Å². The predicted octanol–water partition coefficient (Wildman–Crippen LogP) is 3.00. The molecule has 0 heterocycles. The van der Waals surface area contributed by atoms with Gasteiger partial charge in [0.05, 0.1) is 7.11 Å². The fourth-order valence-electron chi connectivity index (χ4n) is 2.27. The van der Waals surface area contributed by atoms with Crippen molar-refractivity contribution in [1.29, 1.82) is 0 Å². The fourth-order valence-corrected chi connectivity index (χ4v) is 2.27. The van der Waals surface area contributed by atoms with E-state index in [1.54, 1.807) is 37.4 Å². The van der Waals surface area contributed by atoms with Gasteiger partial charge >= 0.3 is 6.09 Å². The Morgan fingerprint density at radius 1 is 1.00 bits per heavy atom. The van der Waals surface area contributed by atoms with Crippen molar-refractivity contribution in [2.24, 2.45) is 0 Å². The third kappa shape index (κ3) is 5.71. The van der Waals surface area contributed by atoms with E-state index in [0.717, 1.165) is 5.56 Å². The number of carbonyl (C=O) groups is 3. The van der Waals surface area contributed by atoms with Gasteiger partial charge < -0.3 is 15.4 Å². The van der Waals surface area contributed by atoms with Crippen molar-refractivity contribution in [1.82, 2.24) is 5.32 Å². The number of benzene rings is 2. The van der Waals surface area contributed by atoms with E-state index < -0.39 is 12.0 Å². The van der Waals surface area contributed by atoms with Crippen LogP contribution < -0.4 is 15.5 Å². The first-order valence-electron chi connectivity index (χ1n) is 8.18. The minimum Gasteiger partial charge on any atom is -0.452 e. The van der Waals surface area contributed by atoms with Crippen LogP contribution in [0.25, 0.3) is 6.08 Å². The molecule has 0 aliphatic rings. The molecule has 0 aliphatic carbocycles. The van der Waals surface area contributed by atoms with Crippen LogP contribution in [0.4, 0.5) is 16.2 Å². The first-order valence-corrected chi connectivity index (χ1v) is 8.18. The summed E-state index contributed by atoms with van der Waals surface area (Å²) in [6.07, 6.45) is 1.10. The lowest BCUT2D eigenvalue weighted by atomic mass is 10.2. The molecule has 0 spiro atoms. The maximum absolute atomic E-state index is 12.5. The van der Waals surface area contributed by atoms with Crippen LogP contribution in [0, 0.1) is 0 Å². The topological polar surface area (TPSA) is 87.7 Å². The summed E-state index contributed by atoms with van der Waals surface area (Å²) in [5, 5.41) is 5.26. The van der Waals surface area contributed by atoms with E-state index in [0.29, 0.717) is 11.4 Å². The van der Waals surface area contributed by atoms with E-state index in [-0.39, 0.29) is 11.6 Å². The highest BCUT2D eigenvalue weighted by Crippen LogP contribution is 2.18. The highest BCUT2D eigenvalue weighted by atomic mass is 16.5. The van der Waals surface area contributed by atoms with Gasteiger partial charge in [0, 0.05) is 25.3 Å². The van der Waals surface area contributed by atoms with Gasteiger partial charge in [-0.25, -0.2) is 4.79 Å². The number of ether oxygens (including phenoxy) is 1. The normalized spacial score (nSPS) is 10.7. The van der Waals surface area contributed by atoms with Crippen molar-refractivity contribution in [3.63, 3.8) is 0 Å². The van der Waals surface area contributed by atoms with E-state index in [9.17, 15) is 14.4 Å². The monoisotopic (exact) mass is 367 g/mol. The Kier molecular flexibility index (Phi) is 6.71. The lowest BCUT2D eigenvalue weighted by molar-refractivity contribution is -0.120. The third-order valence-corrected chi connectivity index (χ3v) is 3.63. The number of rotatable bonds is 5. The Hall–Kier alpha value is -3.61. The zero-order valence-corrected chi connectivity index (χ0v) is 15.4. The van der Waals surface area contributed by atoms with Crippen LogP contribution in [0.3, 0.4) is 0 Å². The summed E-state index contributed by atoms with van der Waals surface area (Å²) in [6, 6.07) is 15.8. The van der Waals surface area contributed by atoms with Crippen LogP contribution in [0.15, 0.2) is 60.3 Å². The van der Waals surface area contributed by atoms with Gasteiger partial charge in [0.15, 0.2) is 0 Å². The first-order chi connectivity index (χ1) is 12.9. The van der Waals surface area contributed by atoms with E-state index >= 15 is 0 Å². The standard InChI is InChI=1S/C20H21N3O4/c1-14(24)21-18(13-15-7-5-4-6-8-15)19(25)22-16-9-11-17(12-10-16)23(2)20(26)27-3/h4-13H,1-3H3,(H,21,24)(H,22,25)/b18-13+. The Morgan fingerprint density at radius 2 is 1.63 bits per heavy atom. The minimum absolute atomic E-state index is 0.129. The Labute approximate surface area is 157 Å². The highest BCUT2D eigenvalue weighted by molar-refractivity contribution is 6.08. The number of hydrogen-bond donors (Lipinski definition) is 2. The van der Waals surface area contributed by atoms with Crippen molar-refractivity contribution in [2.45, 2.75) is 6.92 Å². The summed E-state index contributed by atoms with van der Waals surface area (Å²) in [7, 11) is 2.88. The van der Waals surface area contributed by atoms with E-state index in [1.165, 1.54) is 18.9 Å². The number of nitrogens with one attached hydrogen (secondary N) is 2. The van der Waals surface area contributed by atoms with Crippen molar-refractivity contribution >= 4 is 35.4 Å². The zero-order chi connectivity index (χ0) is 19.8. The Bertz CT molecular complexity index is 845. The molecule has 0 aromatic heterocycles. The second kappa shape index (κ2) is 9.19. The van der Waals surface area contributed by atoms with E-state index in [1.807, 2.05) is 30.3 Å². The summed E-state index contributed by atoms with van der Waals surface area (Å²) in [5.41, 5.74) is 2.05. The number of carbonyl (C=O) groups excluding carboxylic acids is 3. The highest BCUT2D eigenvalue weighted by Gasteiger charge is 2.13. The number of hydrogen-bond acceptors (Lipinski definition) is 4. The quantitative estimate of drug-likeness (QED) is 0.795. The van der Waals surface area contributed by atoms with Gasteiger partial charge in [0.1, 0.15) is 5.70 Å². The zero-order valence-electron chi connectivity index (χ0n) is 15.4. The number of methoxy groups -OCH3 is 1. The molecule has 0 radical (unpaired) electrons. The van der Waals surface area contributed by atoms with Crippen molar-refractivity contribution in [3.05, 3.63) is 65.9 Å². The van der Waals surface area contributed by atoms with Gasteiger partial charge in [0.25, 0.3) is 5.91 Å². The lowest BCUT2D eigenvalue weighted by Crippen LogP contribution is -2.29. The molecule has 140 valence electrons. The Morgan fingerprint density at radius 3 is 2.19 bits per heavy atom. The molecule has 0 bridgehead atoms. The summed E-state index contributed by atoms with van der Waals surface area (Å²) >= 11 is 0. The average Bonchev–Trinajstić information content (AvgIpc) is 2.67. The molecule has 27 heavy (non-hydrogen) atoms. The molecule has 3 amide bonds. The molecule has 0 fully saturated rings. The molecule has 2 rings (SSSR count). The first kappa shape index (κ1) is 19.7. The lowest BCUT2D eigenvalue weighted by Gasteiger charge is -2.16. The van der Waals surface area contributed by atoms with Gasteiger partial charge in [0.2, 0.25) is 5.91 Å². The number of anilines is 2. The molecule has 7 heteroatoms. The average molecular weight is 367 g/mol. The predicted molar refractivity (Wildman–Crippen MR) is 104 cm³/mol. The van der Waals surface area contributed by atoms with Gasteiger partial charge in [-0.2, -0.15) is 0 Å². The van der Waals surface area contributed by atoms with E-state index in [4.69, 9.17) is 0 Å². The van der Waals surface area contributed by atoms with Crippen LogP contribution in [0.5, 0.6) is 0 Å². The summed E-state index contributed by atoms with van der Waals surface area (Å²) < 4.78 is 4.66. The summed E-state index contributed by atoms with van der Waals surface area (Å²) in [5.74, 6) is -0.800. The molecule has 0 saturated heterocycles. The largest absolute Gasteiger partial charge is 0.452 e. The molecule has 0 atom stereocenters. The molecule has 0 unspecified atom stereocenters. The van der Waals surface area contributed by atoms with Crippen LogP contribution in [-0.2, 0) is 14.3 Å². The van der Waals surface area contributed by atoms with Crippen LogP contribution in [0.2, 0.25) is 0 Å². The molecule has 0 saturated carbocycles. The molecule has 2 aromatic carbocycles. The van der Waals surface area contributed by atoms with Crippen LogP contribution in [-0.4, -0.2) is 32.1 Å².